The van der Waals surface area contributed by atoms with Crippen LogP contribution < -0.4 is 10.5 Å². The summed E-state index contributed by atoms with van der Waals surface area (Å²) < 4.78 is 18.9. The third-order valence-electron chi connectivity index (χ3n) is 2.10. The highest BCUT2D eigenvalue weighted by Gasteiger charge is 2.09. The number of aromatic nitrogens is 1. The molecule has 5 heteroatoms. The summed E-state index contributed by atoms with van der Waals surface area (Å²) in [4.78, 5) is 4.87. The predicted octanol–water partition coefficient (Wildman–Crippen LogP) is 3.32. The van der Waals surface area contributed by atoms with Gasteiger partial charge in [0.05, 0.1) is 11.0 Å². The summed E-state index contributed by atoms with van der Waals surface area (Å²) in [6, 6.07) is 4.75. The molecule has 90 valence electrons. The Bertz CT molecular complexity index is 525. The van der Waals surface area contributed by atoms with Crippen molar-refractivity contribution < 1.29 is 9.13 Å². The molecule has 2 N–H and O–H groups in total. The van der Waals surface area contributed by atoms with Crippen LogP contribution in [0.1, 0.15) is 13.8 Å². The first-order chi connectivity index (χ1) is 8.06. The summed E-state index contributed by atoms with van der Waals surface area (Å²) in [6.45, 7) is 3.72. The SMILES string of the molecule is CC(C)Oc1cc(-c2cnc(N)s2)ccc1F. The smallest absolute Gasteiger partial charge is 0.180 e. The summed E-state index contributed by atoms with van der Waals surface area (Å²) in [5, 5.41) is 0.496. The third kappa shape index (κ3) is 2.74. The second-order valence-corrected chi connectivity index (χ2v) is 4.94. The van der Waals surface area contributed by atoms with Crippen LogP contribution in [0.3, 0.4) is 0 Å². The molecule has 0 aliphatic heterocycles. The zero-order valence-corrected chi connectivity index (χ0v) is 10.4. The highest BCUT2D eigenvalue weighted by atomic mass is 32.1. The van der Waals surface area contributed by atoms with Crippen molar-refractivity contribution in [1.82, 2.24) is 4.98 Å². The summed E-state index contributed by atoms with van der Waals surface area (Å²) in [7, 11) is 0. The van der Waals surface area contributed by atoms with Crippen molar-refractivity contribution in [2.24, 2.45) is 0 Å². The lowest BCUT2D eigenvalue weighted by Gasteiger charge is -2.11. The number of halogens is 1. The van der Waals surface area contributed by atoms with Gasteiger partial charge in [-0.3, -0.25) is 0 Å². The Hall–Kier alpha value is -1.62. The first kappa shape index (κ1) is 11.9. The van der Waals surface area contributed by atoms with Crippen LogP contribution in [0.5, 0.6) is 5.75 Å². The quantitative estimate of drug-likeness (QED) is 0.911. The number of rotatable bonds is 3. The van der Waals surface area contributed by atoms with Crippen LogP contribution >= 0.6 is 11.3 Å². The molecular weight excluding hydrogens is 239 g/mol. The predicted molar refractivity (Wildman–Crippen MR) is 67.7 cm³/mol. The number of ether oxygens (including phenoxy) is 1. The Morgan fingerprint density at radius 1 is 1.41 bits per heavy atom. The van der Waals surface area contributed by atoms with Crippen LogP contribution in [0.2, 0.25) is 0 Å². The van der Waals surface area contributed by atoms with Gasteiger partial charge in [-0.15, -0.1) is 0 Å². The zero-order chi connectivity index (χ0) is 12.4. The molecule has 2 aromatic rings. The molecule has 0 saturated heterocycles. The lowest BCUT2D eigenvalue weighted by molar-refractivity contribution is 0.231. The van der Waals surface area contributed by atoms with Gasteiger partial charge in [0.15, 0.2) is 16.7 Å². The standard InChI is InChI=1S/C12H13FN2OS/c1-7(2)16-10-5-8(3-4-9(10)13)11-6-15-12(14)17-11/h3-7H,1-2H3,(H2,14,15). The maximum Gasteiger partial charge on any atom is 0.180 e. The normalized spacial score (nSPS) is 10.8. The van der Waals surface area contributed by atoms with Gasteiger partial charge in [-0.25, -0.2) is 9.37 Å². The molecule has 17 heavy (non-hydrogen) atoms. The van der Waals surface area contributed by atoms with Gasteiger partial charge in [-0.1, -0.05) is 17.4 Å². The molecule has 0 fully saturated rings. The number of thiazole rings is 1. The summed E-state index contributed by atoms with van der Waals surface area (Å²) >= 11 is 1.36. The van der Waals surface area contributed by atoms with E-state index in [0.29, 0.717) is 5.13 Å². The second-order valence-electron chi connectivity index (χ2n) is 3.87. The van der Waals surface area contributed by atoms with Crippen LogP contribution in [0, 0.1) is 5.82 Å². The number of hydrogen-bond donors (Lipinski definition) is 1. The van der Waals surface area contributed by atoms with E-state index in [1.165, 1.54) is 17.4 Å². The second kappa shape index (κ2) is 4.71. The van der Waals surface area contributed by atoms with Crippen LogP contribution in [0.25, 0.3) is 10.4 Å². The number of benzene rings is 1. The Kier molecular flexibility index (Phi) is 3.28. The van der Waals surface area contributed by atoms with Gasteiger partial charge in [0.1, 0.15) is 0 Å². The number of anilines is 1. The molecule has 1 heterocycles. The van der Waals surface area contributed by atoms with Crippen molar-refractivity contribution >= 4 is 16.5 Å². The van der Waals surface area contributed by atoms with Gasteiger partial charge in [-0.2, -0.15) is 0 Å². The van der Waals surface area contributed by atoms with Gasteiger partial charge in [0.25, 0.3) is 0 Å². The number of hydrogen-bond acceptors (Lipinski definition) is 4. The fourth-order valence-corrected chi connectivity index (χ4v) is 2.10. The fraction of sp³-hybridized carbons (Fsp3) is 0.250. The molecule has 0 saturated carbocycles. The van der Waals surface area contributed by atoms with Crippen molar-refractivity contribution in [2.45, 2.75) is 20.0 Å². The van der Waals surface area contributed by atoms with Gasteiger partial charge >= 0.3 is 0 Å². The van der Waals surface area contributed by atoms with Gasteiger partial charge in [-0.05, 0) is 31.5 Å². The van der Waals surface area contributed by atoms with Crippen molar-refractivity contribution in [3.8, 4) is 16.2 Å². The van der Waals surface area contributed by atoms with E-state index in [1.54, 1.807) is 18.3 Å². The minimum Gasteiger partial charge on any atom is -0.488 e. The zero-order valence-electron chi connectivity index (χ0n) is 9.61. The molecule has 0 amide bonds. The molecule has 0 atom stereocenters. The highest BCUT2D eigenvalue weighted by molar-refractivity contribution is 7.18. The summed E-state index contributed by atoms with van der Waals surface area (Å²) in [5.41, 5.74) is 6.42. The average Bonchev–Trinajstić information content (AvgIpc) is 2.67. The average molecular weight is 252 g/mol. The molecule has 1 aromatic carbocycles. The summed E-state index contributed by atoms with van der Waals surface area (Å²) in [6.07, 6.45) is 1.61. The Morgan fingerprint density at radius 2 is 2.18 bits per heavy atom. The monoisotopic (exact) mass is 252 g/mol. The van der Waals surface area contributed by atoms with E-state index in [4.69, 9.17) is 10.5 Å². The van der Waals surface area contributed by atoms with Gasteiger partial charge in [0.2, 0.25) is 0 Å². The van der Waals surface area contributed by atoms with E-state index in [-0.39, 0.29) is 17.7 Å². The fourth-order valence-electron chi connectivity index (χ4n) is 1.42. The lowest BCUT2D eigenvalue weighted by atomic mass is 10.2. The molecule has 1 aromatic heterocycles. The number of nitrogens with zero attached hydrogens (tertiary/aromatic N) is 1. The van der Waals surface area contributed by atoms with Crippen molar-refractivity contribution in [2.75, 3.05) is 5.73 Å². The first-order valence-corrected chi connectivity index (χ1v) is 6.06. The molecule has 0 aliphatic rings. The van der Waals surface area contributed by atoms with E-state index >= 15 is 0 Å². The Morgan fingerprint density at radius 3 is 2.76 bits per heavy atom. The highest BCUT2D eigenvalue weighted by Crippen LogP contribution is 2.31. The van der Waals surface area contributed by atoms with Crippen molar-refractivity contribution in [3.63, 3.8) is 0 Å². The molecule has 2 rings (SSSR count). The molecule has 3 nitrogen and oxygen atoms in total. The van der Waals surface area contributed by atoms with Crippen molar-refractivity contribution in [3.05, 3.63) is 30.2 Å². The van der Waals surface area contributed by atoms with E-state index in [2.05, 4.69) is 4.98 Å². The van der Waals surface area contributed by atoms with Crippen LogP contribution in [-0.4, -0.2) is 11.1 Å². The molecule has 0 radical (unpaired) electrons. The maximum absolute atomic E-state index is 13.5. The summed E-state index contributed by atoms with van der Waals surface area (Å²) in [5.74, 6) is -0.107. The van der Waals surface area contributed by atoms with Crippen molar-refractivity contribution in [1.29, 1.82) is 0 Å². The Labute approximate surface area is 103 Å². The molecular formula is C12H13FN2OS. The molecule has 0 spiro atoms. The van der Waals surface area contributed by atoms with Crippen LogP contribution in [-0.2, 0) is 0 Å². The van der Waals surface area contributed by atoms with Gasteiger partial charge in [0, 0.05) is 6.20 Å². The molecule has 0 bridgehead atoms. The lowest BCUT2D eigenvalue weighted by Crippen LogP contribution is -2.06. The number of nitrogen functional groups attached to an aromatic ring is 1. The number of nitrogens with two attached hydrogens (primary N) is 1. The first-order valence-electron chi connectivity index (χ1n) is 5.24. The molecule has 0 aliphatic carbocycles. The molecule has 0 unspecified atom stereocenters. The van der Waals surface area contributed by atoms with E-state index in [1.807, 2.05) is 13.8 Å². The Balaban J connectivity index is 2.36. The van der Waals surface area contributed by atoms with E-state index < -0.39 is 0 Å². The maximum atomic E-state index is 13.5. The topological polar surface area (TPSA) is 48.1 Å². The minimum absolute atomic E-state index is 0.0636. The van der Waals surface area contributed by atoms with E-state index in [9.17, 15) is 4.39 Å². The van der Waals surface area contributed by atoms with Crippen LogP contribution in [0.15, 0.2) is 24.4 Å². The third-order valence-corrected chi connectivity index (χ3v) is 2.98. The van der Waals surface area contributed by atoms with Crippen LogP contribution in [0.4, 0.5) is 9.52 Å². The largest absolute Gasteiger partial charge is 0.488 e. The van der Waals surface area contributed by atoms with E-state index in [0.717, 1.165) is 10.4 Å². The minimum atomic E-state index is -0.361. The van der Waals surface area contributed by atoms with Gasteiger partial charge < -0.3 is 10.5 Å².